The van der Waals surface area contributed by atoms with Gasteiger partial charge in [0.05, 0.1) is 12.3 Å². The lowest BCUT2D eigenvalue weighted by molar-refractivity contribution is 0.575. The van der Waals surface area contributed by atoms with E-state index in [4.69, 9.17) is 5.73 Å². The molecule has 0 radical (unpaired) electrons. The van der Waals surface area contributed by atoms with Crippen LogP contribution in [0.25, 0.3) is 0 Å². The van der Waals surface area contributed by atoms with Gasteiger partial charge in [-0.25, -0.2) is 13.1 Å². The third-order valence-corrected chi connectivity index (χ3v) is 3.28. The van der Waals surface area contributed by atoms with Gasteiger partial charge in [0.1, 0.15) is 12.2 Å². The van der Waals surface area contributed by atoms with Crippen LogP contribution in [-0.4, -0.2) is 35.5 Å². The van der Waals surface area contributed by atoms with E-state index in [1.807, 2.05) is 0 Å². The Labute approximate surface area is 88.7 Å². The van der Waals surface area contributed by atoms with Gasteiger partial charge in [-0.05, 0) is 13.0 Å². The Morgan fingerprint density at radius 3 is 2.87 bits per heavy atom. The summed E-state index contributed by atoms with van der Waals surface area (Å²) in [6, 6.07) is 0. The van der Waals surface area contributed by atoms with Crippen molar-refractivity contribution in [2.24, 2.45) is 12.8 Å². The summed E-state index contributed by atoms with van der Waals surface area (Å²) in [5, 5.41) is 7.40. The molecular weight excluding hydrogens is 218 g/mol. The van der Waals surface area contributed by atoms with Crippen molar-refractivity contribution in [2.75, 3.05) is 12.3 Å². The van der Waals surface area contributed by atoms with Crippen LogP contribution in [0.5, 0.6) is 0 Å². The highest BCUT2D eigenvalue weighted by Gasteiger charge is 2.10. The van der Waals surface area contributed by atoms with Crippen molar-refractivity contribution >= 4 is 10.0 Å². The molecule has 15 heavy (non-hydrogen) atoms. The van der Waals surface area contributed by atoms with Crippen LogP contribution >= 0.6 is 0 Å². The molecule has 0 bridgehead atoms. The Hall–Kier alpha value is -0.990. The van der Waals surface area contributed by atoms with Crippen molar-refractivity contribution < 1.29 is 8.42 Å². The van der Waals surface area contributed by atoms with Gasteiger partial charge in [-0.1, -0.05) is 0 Å². The first-order valence-corrected chi connectivity index (χ1v) is 6.20. The second-order valence-electron chi connectivity index (χ2n) is 3.14. The smallest absolute Gasteiger partial charge is 0.212 e. The monoisotopic (exact) mass is 233 g/mol. The first-order chi connectivity index (χ1) is 7.05. The molecule has 0 saturated heterocycles. The number of aryl methyl sites for hydroxylation is 1. The molecule has 0 aliphatic heterocycles. The predicted molar refractivity (Wildman–Crippen MR) is 55.3 cm³/mol. The van der Waals surface area contributed by atoms with Crippen molar-refractivity contribution in [3.63, 3.8) is 0 Å². The maximum atomic E-state index is 11.4. The van der Waals surface area contributed by atoms with E-state index in [-0.39, 0.29) is 12.3 Å². The van der Waals surface area contributed by atoms with Gasteiger partial charge in [-0.15, -0.1) is 10.2 Å². The number of hydrogen-bond acceptors (Lipinski definition) is 5. The molecule has 1 aromatic heterocycles. The summed E-state index contributed by atoms with van der Waals surface area (Å²) in [4.78, 5) is 0. The molecule has 1 rings (SSSR count). The molecule has 0 atom stereocenters. The zero-order valence-corrected chi connectivity index (χ0v) is 9.37. The molecule has 0 aliphatic carbocycles. The molecule has 0 saturated carbocycles. The van der Waals surface area contributed by atoms with Crippen LogP contribution in [0, 0.1) is 0 Å². The van der Waals surface area contributed by atoms with E-state index in [1.165, 1.54) is 6.33 Å². The highest BCUT2D eigenvalue weighted by Crippen LogP contribution is 1.94. The van der Waals surface area contributed by atoms with E-state index in [0.717, 1.165) is 0 Å². The van der Waals surface area contributed by atoms with Crippen LogP contribution in [0.2, 0.25) is 0 Å². The van der Waals surface area contributed by atoms with Gasteiger partial charge in [-0.2, -0.15) is 0 Å². The fraction of sp³-hybridized carbons (Fsp3) is 0.714. The van der Waals surface area contributed by atoms with E-state index >= 15 is 0 Å². The van der Waals surface area contributed by atoms with Gasteiger partial charge >= 0.3 is 0 Å². The summed E-state index contributed by atoms with van der Waals surface area (Å²) >= 11 is 0. The van der Waals surface area contributed by atoms with Crippen LogP contribution in [-0.2, 0) is 23.6 Å². The molecule has 7 nitrogen and oxygen atoms in total. The average molecular weight is 233 g/mol. The van der Waals surface area contributed by atoms with Crippen molar-refractivity contribution in [2.45, 2.75) is 13.0 Å². The van der Waals surface area contributed by atoms with Gasteiger partial charge in [0.15, 0.2) is 0 Å². The first-order valence-electron chi connectivity index (χ1n) is 4.55. The van der Waals surface area contributed by atoms with E-state index in [2.05, 4.69) is 14.9 Å². The highest BCUT2D eigenvalue weighted by atomic mass is 32.2. The summed E-state index contributed by atoms with van der Waals surface area (Å²) in [5.74, 6) is 0.618. The minimum absolute atomic E-state index is 0.0430. The van der Waals surface area contributed by atoms with Crippen molar-refractivity contribution in [1.29, 1.82) is 0 Å². The van der Waals surface area contributed by atoms with E-state index < -0.39 is 10.0 Å². The molecule has 1 heterocycles. The van der Waals surface area contributed by atoms with Gasteiger partial charge in [0.25, 0.3) is 0 Å². The van der Waals surface area contributed by atoms with E-state index in [1.54, 1.807) is 11.6 Å². The zero-order chi connectivity index (χ0) is 11.3. The molecule has 3 N–H and O–H groups in total. The van der Waals surface area contributed by atoms with E-state index in [9.17, 15) is 8.42 Å². The van der Waals surface area contributed by atoms with E-state index in [0.29, 0.717) is 18.8 Å². The Bertz CT molecular complexity index is 399. The van der Waals surface area contributed by atoms with Crippen molar-refractivity contribution in [3.05, 3.63) is 12.2 Å². The Morgan fingerprint density at radius 1 is 1.60 bits per heavy atom. The predicted octanol–water partition coefficient (Wildman–Crippen LogP) is -1.42. The third kappa shape index (κ3) is 3.94. The second kappa shape index (κ2) is 5.19. The fourth-order valence-corrected chi connectivity index (χ4v) is 2.03. The molecule has 8 heteroatoms. The molecule has 0 fully saturated rings. The van der Waals surface area contributed by atoms with Gasteiger partial charge < -0.3 is 10.3 Å². The Morgan fingerprint density at radius 2 is 2.33 bits per heavy atom. The highest BCUT2D eigenvalue weighted by molar-refractivity contribution is 7.89. The minimum atomic E-state index is -3.25. The maximum absolute atomic E-state index is 11.4. The zero-order valence-electron chi connectivity index (χ0n) is 8.55. The number of nitrogens with zero attached hydrogens (tertiary/aromatic N) is 3. The van der Waals surface area contributed by atoms with Crippen LogP contribution < -0.4 is 10.5 Å². The number of rotatable bonds is 6. The molecular formula is C7H15N5O2S. The maximum Gasteiger partial charge on any atom is 0.212 e. The lowest BCUT2D eigenvalue weighted by atomic mass is 10.5. The van der Waals surface area contributed by atoms with Gasteiger partial charge in [-0.3, -0.25) is 0 Å². The number of sulfonamides is 1. The summed E-state index contributed by atoms with van der Waals surface area (Å²) < 4.78 is 26.8. The molecule has 86 valence electrons. The van der Waals surface area contributed by atoms with Crippen LogP contribution in [0.3, 0.4) is 0 Å². The van der Waals surface area contributed by atoms with Crippen LogP contribution in [0.1, 0.15) is 12.2 Å². The number of nitrogens with one attached hydrogen (secondary N) is 1. The average Bonchev–Trinajstić information content (AvgIpc) is 2.58. The van der Waals surface area contributed by atoms with Crippen molar-refractivity contribution in [3.8, 4) is 0 Å². The molecule has 0 spiro atoms. The summed E-state index contributed by atoms with van der Waals surface area (Å²) in [6.07, 6.45) is 1.97. The quantitative estimate of drug-likeness (QED) is 0.628. The Balaban J connectivity index is 2.46. The van der Waals surface area contributed by atoms with Crippen LogP contribution in [0.15, 0.2) is 6.33 Å². The lowest BCUT2D eigenvalue weighted by Gasteiger charge is -2.04. The SMILES string of the molecule is Cn1cnnc1CNS(=O)(=O)CCCN. The normalized spacial score (nSPS) is 11.9. The standard InChI is InChI=1S/C7H15N5O2S/c1-12-6-9-11-7(12)5-10-15(13,14)4-2-3-8/h6,10H,2-5,8H2,1H3. The van der Waals surface area contributed by atoms with Gasteiger partial charge in [0.2, 0.25) is 10.0 Å². The summed E-state index contributed by atoms with van der Waals surface area (Å²) in [5.41, 5.74) is 5.23. The topological polar surface area (TPSA) is 103 Å². The Kier molecular flexibility index (Phi) is 4.18. The molecule has 1 aromatic rings. The summed E-state index contributed by atoms with van der Waals surface area (Å²) in [7, 11) is -1.49. The number of nitrogens with two attached hydrogens (primary N) is 1. The minimum Gasteiger partial charge on any atom is -0.330 e. The summed E-state index contributed by atoms with van der Waals surface area (Å²) in [6.45, 7) is 0.522. The third-order valence-electron chi connectivity index (χ3n) is 1.87. The first kappa shape index (κ1) is 12.1. The van der Waals surface area contributed by atoms with Gasteiger partial charge in [0, 0.05) is 7.05 Å². The lowest BCUT2D eigenvalue weighted by Crippen LogP contribution is -2.28. The molecule has 0 aliphatic rings. The second-order valence-corrected chi connectivity index (χ2v) is 5.07. The fourth-order valence-electron chi connectivity index (χ4n) is 0.987. The molecule has 0 amide bonds. The number of hydrogen-bond donors (Lipinski definition) is 2. The molecule has 0 unspecified atom stereocenters. The number of aromatic nitrogens is 3. The van der Waals surface area contributed by atoms with Crippen LogP contribution in [0.4, 0.5) is 0 Å². The molecule has 0 aromatic carbocycles. The largest absolute Gasteiger partial charge is 0.330 e. The van der Waals surface area contributed by atoms with Crippen molar-refractivity contribution in [1.82, 2.24) is 19.5 Å².